The van der Waals surface area contributed by atoms with Crippen LogP contribution >= 0.6 is 55.2 Å². The molecule has 0 spiro atoms. The molecule has 6 nitrogen and oxygen atoms in total. The molecule has 1 saturated heterocycles. The number of nitrogens with zero attached hydrogens (tertiary/aromatic N) is 1. The van der Waals surface area contributed by atoms with Gasteiger partial charge in [0.25, 0.3) is 11.1 Å². The van der Waals surface area contributed by atoms with E-state index in [0.29, 0.717) is 31.0 Å². The summed E-state index contributed by atoms with van der Waals surface area (Å²) in [7, 11) is 0. The highest BCUT2D eigenvalue weighted by Gasteiger charge is 2.36. The Bertz CT molecular complexity index is 1320. The van der Waals surface area contributed by atoms with Crippen LogP contribution in [-0.4, -0.2) is 22.2 Å². The van der Waals surface area contributed by atoms with Gasteiger partial charge in [-0.15, -0.1) is 0 Å². The summed E-state index contributed by atoms with van der Waals surface area (Å²) in [5.41, 5.74) is 2.12. The maximum absolute atomic E-state index is 12.9. The second-order valence-electron chi connectivity index (χ2n) is 7.10. The third kappa shape index (κ3) is 5.38. The molecule has 0 saturated carbocycles. The Morgan fingerprint density at radius 1 is 1.06 bits per heavy atom. The van der Waals surface area contributed by atoms with Gasteiger partial charge in [0.05, 0.1) is 25.1 Å². The standard InChI is InChI=1S/C24H14Br2ClNO5S/c25-18-8-14(9-19(26)21(18)33-12-13-4-6-15(7-5-13)23(30)31)10-20-22(29)28(24(32)34-20)17-3-1-2-16(27)11-17/h1-11H,12H2,(H,30,31)/b20-10+. The van der Waals surface area contributed by atoms with Crippen LogP contribution in [0.1, 0.15) is 21.5 Å². The maximum atomic E-state index is 12.9. The first-order valence-electron chi connectivity index (χ1n) is 9.70. The first-order valence-corrected chi connectivity index (χ1v) is 12.5. The lowest BCUT2D eigenvalue weighted by Crippen LogP contribution is -2.27. The van der Waals surface area contributed by atoms with Gasteiger partial charge in [-0.2, -0.15) is 0 Å². The molecule has 1 heterocycles. The highest BCUT2D eigenvalue weighted by Crippen LogP contribution is 2.39. The number of halogens is 3. The van der Waals surface area contributed by atoms with Crippen molar-refractivity contribution in [2.75, 3.05) is 4.90 Å². The van der Waals surface area contributed by atoms with E-state index in [0.717, 1.165) is 22.2 Å². The fourth-order valence-electron chi connectivity index (χ4n) is 3.16. The van der Waals surface area contributed by atoms with Gasteiger partial charge in [-0.1, -0.05) is 29.8 Å². The lowest BCUT2D eigenvalue weighted by Gasteiger charge is -2.13. The molecule has 3 aromatic rings. The number of ether oxygens (including phenoxy) is 1. The number of imide groups is 1. The SMILES string of the molecule is O=C(O)c1ccc(COc2c(Br)cc(/C=C3/SC(=O)N(c4cccc(Cl)c4)C3=O)cc2Br)cc1. The summed E-state index contributed by atoms with van der Waals surface area (Å²) in [4.78, 5) is 37.7. The van der Waals surface area contributed by atoms with Crippen molar-refractivity contribution in [2.45, 2.75) is 6.61 Å². The average molecular weight is 624 g/mol. The number of hydrogen-bond donors (Lipinski definition) is 1. The molecule has 0 atom stereocenters. The molecule has 0 radical (unpaired) electrons. The molecule has 1 aliphatic heterocycles. The minimum absolute atomic E-state index is 0.204. The molecule has 4 rings (SSSR count). The molecule has 0 aromatic heterocycles. The number of anilines is 1. The Morgan fingerprint density at radius 3 is 2.35 bits per heavy atom. The van der Waals surface area contributed by atoms with E-state index in [-0.39, 0.29) is 17.1 Å². The zero-order chi connectivity index (χ0) is 24.4. The topological polar surface area (TPSA) is 83.9 Å². The van der Waals surface area contributed by atoms with E-state index in [1.54, 1.807) is 54.6 Å². The molecule has 1 N–H and O–H groups in total. The summed E-state index contributed by atoms with van der Waals surface area (Å²) < 4.78 is 7.18. The molecule has 10 heteroatoms. The Hall–Kier alpha value is -2.59. The van der Waals surface area contributed by atoms with Crippen LogP contribution in [0.25, 0.3) is 6.08 Å². The monoisotopic (exact) mass is 621 g/mol. The van der Waals surface area contributed by atoms with E-state index in [1.165, 1.54) is 12.1 Å². The number of thioether (sulfide) groups is 1. The summed E-state index contributed by atoms with van der Waals surface area (Å²) in [6.07, 6.45) is 1.64. The molecule has 0 bridgehead atoms. The second-order valence-corrected chi connectivity index (χ2v) is 10.2. The summed E-state index contributed by atoms with van der Waals surface area (Å²) >= 11 is 13.8. The van der Waals surface area contributed by atoms with Gasteiger partial charge in [0.15, 0.2) is 0 Å². The van der Waals surface area contributed by atoms with Crippen LogP contribution in [-0.2, 0) is 11.4 Å². The minimum atomic E-state index is -0.987. The van der Waals surface area contributed by atoms with Crippen LogP contribution in [0.2, 0.25) is 5.02 Å². The van der Waals surface area contributed by atoms with Crippen molar-refractivity contribution >= 4 is 84.1 Å². The third-order valence-electron chi connectivity index (χ3n) is 4.76. The number of rotatable bonds is 6. The van der Waals surface area contributed by atoms with E-state index in [9.17, 15) is 14.4 Å². The zero-order valence-electron chi connectivity index (χ0n) is 17.1. The average Bonchev–Trinajstić information content (AvgIpc) is 3.06. The first kappa shape index (κ1) is 24.5. The lowest BCUT2D eigenvalue weighted by atomic mass is 10.1. The van der Waals surface area contributed by atoms with Crippen LogP contribution < -0.4 is 9.64 Å². The maximum Gasteiger partial charge on any atom is 0.335 e. The van der Waals surface area contributed by atoms with Crippen LogP contribution in [0.5, 0.6) is 5.75 Å². The van der Waals surface area contributed by atoms with Crippen LogP contribution in [0.4, 0.5) is 10.5 Å². The highest BCUT2D eigenvalue weighted by atomic mass is 79.9. The Balaban J connectivity index is 1.52. The molecular weight excluding hydrogens is 610 g/mol. The van der Waals surface area contributed by atoms with E-state index >= 15 is 0 Å². The van der Waals surface area contributed by atoms with Crippen LogP contribution in [0, 0.1) is 0 Å². The number of benzene rings is 3. The number of aromatic carboxylic acids is 1. The van der Waals surface area contributed by atoms with Gasteiger partial charge in [0.2, 0.25) is 0 Å². The van der Waals surface area contributed by atoms with Gasteiger partial charge in [0.1, 0.15) is 12.4 Å². The molecule has 1 aliphatic rings. The van der Waals surface area contributed by atoms with Crippen molar-refractivity contribution in [3.63, 3.8) is 0 Å². The minimum Gasteiger partial charge on any atom is -0.487 e. The van der Waals surface area contributed by atoms with Crippen molar-refractivity contribution in [2.24, 2.45) is 0 Å². The van der Waals surface area contributed by atoms with E-state index in [2.05, 4.69) is 31.9 Å². The summed E-state index contributed by atoms with van der Waals surface area (Å²) in [5, 5.41) is 9.04. The normalized spacial score (nSPS) is 14.7. The Labute approximate surface area is 220 Å². The molecule has 3 aromatic carbocycles. The van der Waals surface area contributed by atoms with Crippen molar-refractivity contribution in [3.8, 4) is 5.75 Å². The Morgan fingerprint density at radius 2 is 1.74 bits per heavy atom. The van der Waals surface area contributed by atoms with Crippen molar-refractivity contribution < 1.29 is 24.2 Å². The van der Waals surface area contributed by atoms with Crippen molar-refractivity contribution in [3.05, 3.63) is 96.2 Å². The summed E-state index contributed by atoms with van der Waals surface area (Å²) in [5.74, 6) is -0.861. The first-order chi connectivity index (χ1) is 16.2. The molecule has 0 unspecified atom stereocenters. The molecule has 34 heavy (non-hydrogen) atoms. The van der Waals surface area contributed by atoms with E-state index in [4.69, 9.17) is 21.4 Å². The third-order valence-corrected chi connectivity index (χ3v) is 7.05. The number of carboxylic acid groups (broad SMARTS) is 1. The molecule has 0 aliphatic carbocycles. The number of hydrogen-bond acceptors (Lipinski definition) is 5. The fourth-order valence-corrected chi connectivity index (χ4v) is 5.63. The van der Waals surface area contributed by atoms with Crippen LogP contribution in [0.3, 0.4) is 0 Å². The molecular formula is C24H14Br2ClNO5S. The van der Waals surface area contributed by atoms with Gasteiger partial charge in [0, 0.05) is 5.02 Å². The Kier molecular flexibility index (Phi) is 7.47. The number of amides is 2. The van der Waals surface area contributed by atoms with Gasteiger partial charge >= 0.3 is 5.97 Å². The van der Waals surface area contributed by atoms with Gasteiger partial charge in [-0.3, -0.25) is 9.59 Å². The lowest BCUT2D eigenvalue weighted by molar-refractivity contribution is -0.113. The molecule has 2 amide bonds. The molecule has 172 valence electrons. The number of carboxylic acids is 1. The fraction of sp³-hybridized carbons (Fsp3) is 0.0417. The zero-order valence-corrected chi connectivity index (χ0v) is 21.9. The van der Waals surface area contributed by atoms with Crippen LogP contribution in [0.15, 0.2) is 74.5 Å². The van der Waals surface area contributed by atoms with Gasteiger partial charge in [-0.05, 0) is 103 Å². The smallest absolute Gasteiger partial charge is 0.335 e. The van der Waals surface area contributed by atoms with Crippen molar-refractivity contribution in [1.82, 2.24) is 0 Å². The second kappa shape index (κ2) is 10.4. The summed E-state index contributed by atoms with van der Waals surface area (Å²) in [6, 6.07) is 16.5. The predicted octanol–water partition coefficient (Wildman–Crippen LogP) is 7.38. The molecule has 1 fully saturated rings. The number of carbonyl (C=O) groups is 3. The predicted molar refractivity (Wildman–Crippen MR) is 139 cm³/mol. The number of carbonyl (C=O) groups excluding carboxylic acids is 2. The summed E-state index contributed by atoms with van der Waals surface area (Å²) in [6.45, 7) is 0.231. The van der Waals surface area contributed by atoms with Gasteiger partial charge < -0.3 is 9.84 Å². The quantitative estimate of drug-likeness (QED) is 0.289. The van der Waals surface area contributed by atoms with E-state index < -0.39 is 17.1 Å². The van der Waals surface area contributed by atoms with Gasteiger partial charge in [-0.25, -0.2) is 9.69 Å². The van der Waals surface area contributed by atoms with Crippen molar-refractivity contribution in [1.29, 1.82) is 0 Å². The highest BCUT2D eigenvalue weighted by molar-refractivity contribution is 9.11. The largest absolute Gasteiger partial charge is 0.487 e. The van der Waals surface area contributed by atoms with E-state index in [1.807, 2.05) is 0 Å².